The Labute approximate surface area is 90.9 Å². The smallest absolute Gasteiger partial charge is 0.339 e. The summed E-state index contributed by atoms with van der Waals surface area (Å²) in [5, 5.41) is 18.2. The molecule has 0 fully saturated rings. The molecular formula is C9H8Cl2O3. The maximum atomic E-state index is 10.7. The molecule has 0 aliphatic carbocycles. The van der Waals surface area contributed by atoms with E-state index in [0.29, 0.717) is 11.1 Å². The summed E-state index contributed by atoms with van der Waals surface area (Å²) < 4.78 is 0. The highest BCUT2D eigenvalue weighted by molar-refractivity contribution is 6.18. The number of rotatable bonds is 3. The molecular weight excluding hydrogens is 227 g/mol. The normalized spacial score (nSPS) is 10.1. The summed E-state index contributed by atoms with van der Waals surface area (Å²) in [5.41, 5.74) is 0.832. The summed E-state index contributed by atoms with van der Waals surface area (Å²) in [6.07, 6.45) is 0. The van der Waals surface area contributed by atoms with Gasteiger partial charge in [-0.15, -0.1) is 23.2 Å². The van der Waals surface area contributed by atoms with E-state index >= 15 is 0 Å². The summed E-state index contributed by atoms with van der Waals surface area (Å²) in [4.78, 5) is 10.7. The maximum absolute atomic E-state index is 10.7. The third kappa shape index (κ3) is 2.11. The Bertz CT molecular complexity index is 363. The Hall–Kier alpha value is -0.930. The highest BCUT2D eigenvalue weighted by atomic mass is 35.5. The van der Waals surface area contributed by atoms with Crippen LogP contribution in [0, 0.1) is 0 Å². The lowest BCUT2D eigenvalue weighted by Gasteiger charge is -2.06. The molecule has 0 spiro atoms. The molecule has 0 bridgehead atoms. The van der Waals surface area contributed by atoms with E-state index in [1.54, 1.807) is 6.07 Å². The van der Waals surface area contributed by atoms with Crippen LogP contribution in [0.2, 0.25) is 0 Å². The first-order valence-corrected chi connectivity index (χ1v) is 4.87. The van der Waals surface area contributed by atoms with Crippen LogP contribution in [-0.2, 0) is 11.8 Å². The van der Waals surface area contributed by atoms with E-state index in [1.165, 1.54) is 6.07 Å². The first-order chi connectivity index (χ1) is 6.60. The zero-order valence-corrected chi connectivity index (χ0v) is 8.64. The quantitative estimate of drug-likeness (QED) is 0.791. The van der Waals surface area contributed by atoms with Crippen molar-refractivity contribution in [3.05, 3.63) is 28.8 Å². The third-order valence-corrected chi connectivity index (χ3v) is 2.37. The van der Waals surface area contributed by atoms with Gasteiger partial charge >= 0.3 is 5.97 Å². The Morgan fingerprint density at radius 3 is 2.36 bits per heavy atom. The second-order valence-corrected chi connectivity index (χ2v) is 3.26. The molecule has 0 aliphatic rings. The molecule has 1 aromatic carbocycles. The number of benzene rings is 1. The van der Waals surface area contributed by atoms with Crippen LogP contribution < -0.4 is 0 Å². The van der Waals surface area contributed by atoms with Crippen molar-refractivity contribution >= 4 is 29.2 Å². The number of carboxylic acid groups (broad SMARTS) is 1. The average molecular weight is 235 g/mol. The fourth-order valence-electron chi connectivity index (χ4n) is 1.10. The van der Waals surface area contributed by atoms with Gasteiger partial charge in [0.15, 0.2) is 0 Å². The van der Waals surface area contributed by atoms with Gasteiger partial charge in [0.1, 0.15) is 11.3 Å². The Morgan fingerprint density at radius 1 is 1.29 bits per heavy atom. The van der Waals surface area contributed by atoms with Crippen molar-refractivity contribution in [3.63, 3.8) is 0 Å². The van der Waals surface area contributed by atoms with Crippen molar-refractivity contribution in [3.8, 4) is 5.75 Å². The molecule has 3 nitrogen and oxygen atoms in total. The Kier molecular flexibility index (Phi) is 3.61. The number of aromatic carboxylic acids is 1. The predicted octanol–water partition coefficient (Wildman–Crippen LogP) is 2.57. The van der Waals surface area contributed by atoms with E-state index < -0.39 is 5.97 Å². The van der Waals surface area contributed by atoms with Crippen molar-refractivity contribution in [2.45, 2.75) is 11.8 Å². The summed E-state index contributed by atoms with van der Waals surface area (Å²) >= 11 is 11.1. The van der Waals surface area contributed by atoms with Crippen LogP contribution in [0.1, 0.15) is 21.5 Å². The fraction of sp³-hybridized carbons (Fsp3) is 0.222. The van der Waals surface area contributed by atoms with Gasteiger partial charge in [-0.25, -0.2) is 4.79 Å². The molecule has 0 atom stereocenters. The second-order valence-electron chi connectivity index (χ2n) is 2.72. The van der Waals surface area contributed by atoms with E-state index in [2.05, 4.69) is 0 Å². The largest absolute Gasteiger partial charge is 0.507 e. The van der Waals surface area contributed by atoms with Gasteiger partial charge < -0.3 is 10.2 Å². The Balaban J connectivity index is 3.34. The van der Waals surface area contributed by atoms with E-state index in [1.807, 2.05) is 0 Å². The lowest BCUT2D eigenvalue weighted by Crippen LogP contribution is -2.00. The molecule has 0 unspecified atom stereocenters. The van der Waals surface area contributed by atoms with Crippen LogP contribution >= 0.6 is 23.2 Å². The van der Waals surface area contributed by atoms with Crippen molar-refractivity contribution in [1.82, 2.24) is 0 Å². The number of hydrogen-bond donors (Lipinski definition) is 2. The summed E-state index contributed by atoms with van der Waals surface area (Å²) in [5.74, 6) is -1.25. The zero-order chi connectivity index (χ0) is 10.7. The summed E-state index contributed by atoms with van der Waals surface area (Å²) in [7, 11) is 0. The van der Waals surface area contributed by atoms with Crippen molar-refractivity contribution in [2.75, 3.05) is 0 Å². The number of aromatic hydroxyl groups is 1. The summed E-state index contributed by atoms with van der Waals surface area (Å²) in [6, 6.07) is 2.92. The van der Waals surface area contributed by atoms with Gasteiger partial charge in [0.25, 0.3) is 0 Å². The van der Waals surface area contributed by atoms with Crippen LogP contribution in [0.3, 0.4) is 0 Å². The monoisotopic (exact) mass is 234 g/mol. The molecule has 14 heavy (non-hydrogen) atoms. The van der Waals surface area contributed by atoms with Crippen molar-refractivity contribution in [1.29, 1.82) is 0 Å². The number of alkyl halides is 2. The Morgan fingerprint density at radius 2 is 1.93 bits per heavy atom. The van der Waals surface area contributed by atoms with Gasteiger partial charge in [-0.3, -0.25) is 0 Å². The number of halogens is 2. The van der Waals surface area contributed by atoms with Gasteiger partial charge in [0.05, 0.1) is 5.88 Å². The van der Waals surface area contributed by atoms with Crippen LogP contribution in [0.4, 0.5) is 0 Å². The number of phenols is 1. The number of carboxylic acids is 1. The molecule has 0 saturated carbocycles. The zero-order valence-electron chi connectivity index (χ0n) is 7.13. The van der Waals surface area contributed by atoms with Gasteiger partial charge in [-0.2, -0.15) is 0 Å². The van der Waals surface area contributed by atoms with Crippen LogP contribution in [-0.4, -0.2) is 16.2 Å². The van der Waals surface area contributed by atoms with Crippen LogP contribution in [0.5, 0.6) is 5.75 Å². The van der Waals surface area contributed by atoms with E-state index in [-0.39, 0.29) is 23.1 Å². The van der Waals surface area contributed by atoms with Crippen molar-refractivity contribution < 1.29 is 15.0 Å². The highest BCUT2D eigenvalue weighted by Gasteiger charge is 2.14. The second kappa shape index (κ2) is 4.53. The fourth-order valence-corrected chi connectivity index (χ4v) is 1.46. The molecule has 2 N–H and O–H groups in total. The molecule has 0 amide bonds. The SMILES string of the molecule is O=C(O)c1cc(CCl)cc(CCl)c1O. The molecule has 76 valence electrons. The molecule has 1 rings (SSSR count). The van der Waals surface area contributed by atoms with Gasteiger partial charge in [0.2, 0.25) is 0 Å². The minimum absolute atomic E-state index is 0.0524. The van der Waals surface area contributed by atoms with Crippen LogP contribution in [0.25, 0.3) is 0 Å². The average Bonchev–Trinajstić information content (AvgIpc) is 2.17. The molecule has 0 heterocycles. The van der Waals surface area contributed by atoms with Gasteiger partial charge in [0, 0.05) is 11.4 Å². The molecule has 0 saturated heterocycles. The molecule has 5 heteroatoms. The van der Waals surface area contributed by atoms with Gasteiger partial charge in [-0.05, 0) is 17.7 Å². The predicted molar refractivity (Wildman–Crippen MR) is 54.2 cm³/mol. The van der Waals surface area contributed by atoms with E-state index in [0.717, 1.165) is 0 Å². The molecule has 0 aromatic heterocycles. The molecule has 0 aliphatic heterocycles. The number of hydrogen-bond acceptors (Lipinski definition) is 2. The lowest BCUT2D eigenvalue weighted by atomic mass is 10.1. The number of carbonyl (C=O) groups is 1. The third-order valence-electron chi connectivity index (χ3n) is 1.78. The van der Waals surface area contributed by atoms with Crippen LogP contribution in [0.15, 0.2) is 12.1 Å². The lowest BCUT2D eigenvalue weighted by molar-refractivity contribution is 0.0693. The molecule has 1 aromatic rings. The van der Waals surface area contributed by atoms with E-state index in [9.17, 15) is 9.90 Å². The summed E-state index contributed by atoms with van der Waals surface area (Å²) in [6.45, 7) is 0. The van der Waals surface area contributed by atoms with Gasteiger partial charge in [-0.1, -0.05) is 0 Å². The first-order valence-electron chi connectivity index (χ1n) is 3.80. The maximum Gasteiger partial charge on any atom is 0.339 e. The van der Waals surface area contributed by atoms with Crippen molar-refractivity contribution in [2.24, 2.45) is 0 Å². The minimum atomic E-state index is -1.19. The topological polar surface area (TPSA) is 57.5 Å². The first kappa shape index (κ1) is 11.1. The minimum Gasteiger partial charge on any atom is -0.507 e. The van der Waals surface area contributed by atoms with E-state index in [4.69, 9.17) is 28.3 Å². The standard InChI is InChI=1S/C9H8Cl2O3/c10-3-5-1-6(4-11)8(12)7(2-5)9(13)14/h1-2,12H,3-4H2,(H,13,14). The highest BCUT2D eigenvalue weighted by Crippen LogP contribution is 2.26. The molecule has 0 radical (unpaired) electrons.